The van der Waals surface area contributed by atoms with Crippen LogP contribution in [0, 0.1) is 5.92 Å². The lowest BCUT2D eigenvalue weighted by atomic mass is 10.2. The van der Waals surface area contributed by atoms with Gasteiger partial charge in [0.1, 0.15) is 0 Å². The summed E-state index contributed by atoms with van der Waals surface area (Å²) in [6, 6.07) is 6.10. The molecule has 19 heavy (non-hydrogen) atoms. The molecule has 0 saturated heterocycles. The molecule has 0 aliphatic carbocycles. The Morgan fingerprint density at radius 1 is 1.37 bits per heavy atom. The van der Waals surface area contributed by atoms with Crippen LogP contribution in [0.3, 0.4) is 0 Å². The van der Waals surface area contributed by atoms with E-state index in [0.717, 1.165) is 0 Å². The predicted molar refractivity (Wildman–Crippen MR) is 74.2 cm³/mol. The molecular weight excluding hydrogens is 266 g/mol. The van der Waals surface area contributed by atoms with E-state index in [0.29, 0.717) is 5.69 Å². The Kier molecular flexibility index (Phi) is 5.46. The smallest absolute Gasteiger partial charge is 0.240 e. The van der Waals surface area contributed by atoms with Gasteiger partial charge in [0.2, 0.25) is 15.9 Å². The zero-order valence-electron chi connectivity index (χ0n) is 11.0. The molecular formula is C12H19N3O3S. The van der Waals surface area contributed by atoms with Gasteiger partial charge in [0.15, 0.2) is 0 Å². The highest BCUT2D eigenvalue weighted by molar-refractivity contribution is 7.89. The van der Waals surface area contributed by atoms with Gasteiger partial charge >= 0.3 is 0 Å². The van der Waals surface area contributed by atoms with E-state index in [2.05, 4.69) is 10.0 Å². The van der Waals surface area contributed by atoms with Gasteiger partial charge in [-0.05, 0) is 18.2 Å². The molecule has 106 valence electrons. The highest BCUT2D eigenvalue weighted by Gasteiger charge is 2.14. The van der Waals surface area contributed by atoms with Crippen LogP contribution in [-0.2, 0) is 14.8 Å². The monoisotopic (exact) mass is 285 g/mol. The molecule has 7 heteroatoms. The van der Waals surface area contributed by atoms with Crippen LogP contribution < -0.4 is 15.8 Å². The van der Waals surface area contributed by atoms with E-state index in [4.69, 9.17) is 5.73 Å². The topological polar surface area (TPSA) is 101 Å². The summed E-state index contributed by atoms with van der Waals surface area (Å²) in [4.78, 5) is 11.7. The SMILES string of the molecule is CC(C)C(=O)Nc1cccc(S(=O)(=O)NCCN)c1. The van der Waals surface area contributed by atoms with Crippen LogP contribution >= 0.6 is 0 Å². The summed E-state index contributed by atoms with van der Waals surface area (Å²) in [6.07, 6.45) is 0. The van der Waals surface area contributed by atoms with Crippen LogP contribution in [0.5, 0.6) is 0 Å². The molecule has 0 radical (unpaired) electrons. The van der Waals surface area contributed by atoms with Crippen molar-refractivity contribution in [1.29, 1.82) is 0 Å². The fourth-order valence-corrected chi connectivity index (χ4v) is 2.40. The highest BCUT2D eigenvalue weighted by atomic mass is 32.2. The van der Waals surface area contributed by atoms with Gasteiger partial charge in [-0.2, -0.15) is 0 Å². The fourth-order valence-electron chi connectivity index (χ4n) is 1.30. The summed E-state index contributed by atoms with van der Waals surface area (Å²) in [5.41, 5.74) is 5.71. The molecule has 0 fully saturated rings. The van der Waals surface area contributed by atoms with Crippen LogP contribution in [0.2, 0.25) is 0 Å². The molecule has 0 saturated carbocycles. The summed E-state index contributed by atoms with van der Waals surface area (Å²) in [5, 5.41) is 2.65. The first-order chi connectivity index (χ1) is 8.86. The molecule has 0 aliphatic rings. The van der Waals surface area contributed by atoms with Crippen molar-refractivity contribution in [1.82, 2.24) is 4.72 Å². The number of amides is 1. The number of sulfonamides is 1. The highest BCUT2D eigenvalue weighted by Crippen LogP contribution is 2.15. The number of carbonyl (C=O) groups is 1. The van der Waals surface area contributed by atoms with E-state index in [1.807, 2.05) is 0 Å². The number of hydrogen-bond donors (Lipinski definition) is 3. The minimum atomic E-state index is -3.58. The average Bonchev–Trinajstić information content (AvgIpc) is 2.36. The second kappa shape index (κ2) is 6.65. The molecule has 0 unspecified atom stereocenters. The maximum Gasteiger partial charge on any atom is 0.240 e. The summed E-state index contributed by atoms with van der Waals surface area (Å²) >= 11 is 0. The zero-order chi connectivity index (χ0) is 14.5. The molecule has 1 amide bonds. The third-order valence-electron chi connectivity index (χ3n) is 2.37. The molecule has 0 atom stereocenters. The first kappa shape index (κ1) is 15.6. The Hall–Kier alpha value is -1.44. The minimum absolute atomic E-state index is 0.0995. The number of anilines is 1. The van der Waals surface area contributed by atoms with Gasteiger partial charge in [0.05, 0.1) is 4.90 Å². The lowest BCUT2D eigenvalue weighted by Gasteiger charge is -2.10. The molecule has 1 rings (SSSR count). The second-order valence-corrected chi connectivity index (χ2v) is 6.13. The molecule has 0 heterocycles. The van der Waals surface area contributed by atoms with E-state index in [-0.39, 0.29) is 29.8 Å². The van der Waals surface area contributed by atoms with Gasteiger partial charge in [0, 0.05) is 24.7 Å². The summed E-state index contributed by atoms with van der Waals surface area (Å²) < 4.78 is 26.1. The molecule has 0 aromatic heterocycles. The lowest BCUT2D eigenvalue weighted by molar-refractivity contribution is -0.118. The summed E-state index contributed by atoms with van der Waals surface area (Å²) in [6.45, 7) is 3.92. The Bertz CT molecular complexity index is 541. The van der Waals surface area contributed by atoms with E-state index in [1.54, 1.807) is 26.0 Å². The van der Waals surface area contributed by atoms with Gasteiger partial charge in [-0.1, -0.05) is 19.9 Å². The van der Waals surface area contributed by atoms with Crippen molar-refractivity contribution in [3.8, 4) is 0 Å². The Labute approximate surface area is 113 Å². The number of nitrogens with one attached hydrogen (secondary N) is 2. The molecule has 1 aromatic rings. The standard InChI is InChI=1S/C12H19N3O3S/c1-9(2)12(16)15-10-4-3-5-11(8-10)19(17,18)14-7-6-13/h3-5,8-9,14H,6-7,13H2,1-2H3,(H,15,16). The van der Waals surface area contributed by atoms with Crippen molar-refractivity contribution < 1.29 is 13.2 Å². The van der Waals surface area contributed by atoms with Crippen LogP contribution in [0.1, 0.15) is 13.8 Å². The van der Waals surface area contributed by atoms with Gasteiger partial charge in [-0.15, -0.1) is 0 Å². The largest absolute Gasteiger partial charge is 0.329 e. The molecule has 0 spiro atoms. The molecule has 1 aromatic carbocycles. The molecule has 0 aliphatic heterocycles. The first-order valence-electron chi connectivity index (χ1n) is 5.97. The van der Waals surface area contributed by atoms with Crippen LogP contribution in [0.25, 0.3) is 0 Å². The number of hydrogen-bond acceptors (Lipinski definition) is 4. The first-order valence-corrected chi connectivity index (χ1v) is 7.46. The average molecular weight is 285 g/mol. The maximum absolute atomic E-state index is 11.9. The van der Waals surface area contributed by atoms with Crippen molar-refractivity contribution >= 4 is 21.6 Å². The maximum atomic E-state index is 11.9. The molecule has 0 bridgehead atoms. The fraction of sp³-hybridized carbons (Fsp3) is 0.417. The van der Waals surface area contributed by atoms with E-state index in [1.165, 1.54) is 12.1 Å². The molecule has 6 nitrogen and oxygen atoms in total. The van der Waals surface area contributed by atoms with Crippen molar-refractivity contribution in [2.75, 3.05) is 18.4 Å². The van der Waals surface area contributed by atoms with Crippen LogP contribution in [0.15, 0.2) is 29.2 Å². The quantitative estimate of drug-likeness (QED) is 0.709. The normalized spacial score (nSPS) is 11.6. The van der Waals surface area contributed by atoms with Crippen molar-refractivity contribution in [2.24, 2.45) is 11.7 Å². The number of carbonyl (C=O) groups excluding carboxylic acids is 1. The zero-order valence-corrected chi connectivity index (χ0v) is 11.8. The summed E-state index contributed by atoms with van der Waals surface area (Å²) in [5.74, 6) is -0.333. The van der Waals surface area contributed by atoms with Gasteiger partial charge in [-0.25, -0.2) is 13.1 Å². The van der Waals surface area contributed by atoms with Crippen LogP contribution in [-0.4, -0.2) is 27.4 Å². The number of rotatable bonds is 6. The minimum Gasteiger partial charge on any atom is -0.329 e. The van der Waals surface area contributed by atoms with E-state index in [9.17, 15) is 13.2 Å². The second-order valence-electron chi connectivity index (χ2n) is 4.36. The van der Waals surface area contributed by atoms with Crippen molar-refractivity contribution in [3.05, 3.63) is 24.3 Å². The van der Waals surface area contributed by atoms with E-state index < -0.39 is 10.0 Å². The Morgan fingerprint density at radius 3 is 2.63 bits per heavy atom. The van der Waals surface area contributed by atoms with E-state index >= 15 is 0 Å². The number of nitrogens with two attached hydrogens (primary N) is 1. The molecule has 4 N–H and O–H groups in total. The number of benzene rings is 1. The summed E-state index contributed by atoms with van der Waals surface area (Å²) in [7, 11) is -3.58. The van der Waals surface area contributed by atoms with Crippen LogP contribution in [0.4, 0.5) is 5.69 Å². The van der Waals surface area contributed by atoms with Gasteiger partial charge in [-0.3, -0.25) is 4.79 Å². The lowest BCUT2D eigenvalue weighted by Crippen LogP contribution is -2.29. The van der Waals surface area contributed by atoms with Crippen molar-refractivity contribution in [3.63, 3.8) is 0 Å². The third kappa shape index (κ3) is 4.62. The van der Waals surface area contributed by atoms with Crippen molar-refractivity contribution in [2.45, 2.75) is 18.7 Å². The Balaban J connectivity index is 2.91. The Morgan fingerprint density at radius 2 is 2.05 bits per heavy atom. The third-order valence-corrected chi connectivity index (χ3v) is 3.83. The van der Waals surface area contributed by atoms with Gasteiger partial charge < -0.3 is 11.1 Å². The van der Waals surface area contributed by atoms with Gasteiger partial charge in [0.25, 0.3) is 0 Å². The predicted octanol–water partition coefficient (Wildman–Crippen LogP) is 0.518.